The molecular weight excluding hydrogens is 208 g/mol. The molecule has 0 aromatic heterocycles. The van der Waals surface area contributed by atoms with Gasteiger partial charge in [0.2, 0.25) is 0 Å². The normalized spacial score (nSPS) is 10.9. The zero-order valence-corrected chi connectivity index (χ0v) is 10.4. The Hall–Kier alpha value is -1.70. The maximum absolute atomic E-state index is 6.11. The molecule has 0 aliphatic carbocycles. The van der Waals surface area contributed by atoms with Crippen molar-refractivity contribution in [3.63, 3.8) is 0 Å². The average molecular weight is 228 g/mol. The third-order valence-electron chi connectivity index (χ3n) is 3.27. The minimum Gasteiger partial charge on any atom is -0.397 e. The highest BCUT2D eigenvalue weighted by Crippen LogP contribution is 2.31. The van der Waals surface area contributed by atoms with E-state index in [1.807, 2.05) is 18.2 Å². The molecule has 4 N–H and O–H groups in total. The largest absolute Gasteiger partial charge is 0.397 e. The molecule has 0 aliphatic heterocycles. The summed E-state index contributed by atoms with van der Waals surface area (Å²) in [6, 6.07) is 10.3. The van der Waals surface area contributed by atoms with Gasteiger partial charge in [0.25, 0.3) is 0 Å². The summed E-state index contributed by atoms with van der Waals surface area (Å²) in [5, 5.41) is 2.25. The molecule has 0 bridgehead atoms. The Morgan fingerprint density at radius 3 is 2.53 bits per heavy atom. The van der Waals surface area contributed by atoms with E-state index in [9.17, 15) is 0 Å². The first kappa shape index (κ1) is 11.8. The molecule has 2 rings (SSSR count). The number of hydrogen-bond donors (Lipinski definition) is 2. The summed E-state index contributed by atoms with van der Waals surface area (Å²) >= 11 is 0. The van der Waals surface area contributed by atoms with Gasteiger partial charge in [-0.1, -0.05) is 44.0 Å². The minimum atomic E-state index is 0.731. The van der Waals surface area contributed by atoms with Gasteiger partial charge in [0.05, 0.1) is 11.4 Å². The third kappa shape index (κ3) is 2.36. The van der Waals surface area contributed by atoms with Crippen LogP contribution in [0.25, 0.3) is 10.8 Å². The smallest absolute Gasteiger partial charge is 0.0630 e. The molecule has 0 spiro atoms. The average Bonchev–Trinajstić information content (AvgIpc) is 2.35. The molecule has 2 nitrogen and oxygen atoms in total. The molecule has 0 atom stereocenters. The van der Waals surface area contributed by atoms with Crippen molar-refractivity contribution in [2.45, 2.75) is 32.6 Å². The second kappa shape index (κ2) is 5.09. The van der Waals surface area contributed by atoms with Crippen molar-refractivity contribution >= 4 is 22.1 Å². The zero-order chi connectivity index (χ0) is 12.3. The molecule has 17 heavy (non-hydrogen) atoms. The molecule has 0 amide bonds. The topological polar surface area (TPSA) is 52.0 Å². The lowest BCUT2D eigenvalue weighted by Crippen LogP contribution is -2.01. The molecule has 2 heteroatoms. The quantitative estimate of drug-likeness (QED) is 0.618. The van der Waals surface area contributed by atoms with E-state index < -0.39 is 0 Å². The molecular formula is C15H20N2. The Labute approximate surface area is 103 Å². The van der Waals surface area contributed by atoms with E-state index in [2.05, 4.69) is 19.1 Å². The van der Waals surface area contributed by atoms with E-state index in [0.717, 1.165) is 23.2 Å². The van der Waals surface area contributed by atoms with Crippen LogP contribution in [-0.4, -0.2) is 0 Å². The number of nitrogens with two attached hydrogens (primary N) is 2. The number of benzene rings is 2. The van der Waals surface area contributed by atoms with Crippen molar-refractivity contribution in [2.75, 3.05) is 11.5 Å². The fraction of sp³-hybridized carbons (Fsp3) is 0.333. The lowest BCUT2D eigenvalue weighted by atomic mass is 9.99. The van der Waals surface area contributed by atoms with Crippen molar-refractivity contribution in [3.05, 3.63) is 35.9 Å². The minimum absolute atomic E-state index is 0.731. The lowest BCUT2D eigenvalue weighted by Gasteiger charge is -2.11. The number of hydrogen-bond acceptors (Lipinski definition) is 2. The van der Waals surface area contributed by atoms with E-state index in [0.29, 0.717) is 0 Å². The molecule has 0 aliphatic rings. The van der Waals surface area contributed by atoms with Gasteiger partial charge in [0.1, 0.15) is 0 Å². The van der Waals surface area contributed by atoms with Crippen LogP contribution in [0.4, 0.5) is 11.4 Å². The summed E-state index contributed by atoms with van der Waals surface area (Å²) < 4.78 is 0. The first-order valence-electron chi connectivity index (χ1n) is 6.29. The predicted octanol–water partition coefficient (Wildman–Crippen LogP) is 3.74. The van der Waals surface area contributed by atoms with Gasteiger partial charge in [-0.2, -0.15) is 0 Å². The number of rotatable bonds is 4. The summed E-state index contributed by atoms with van der Waals surface area (Å²) in [5.41, 5.74) is 14.9. The molecule has 0 fully saturated rings. The molecule has 90 valence electrons. The highest BCUT2D eigenvalue weighted by Gasteiger charge is 2.07. The molecule has 2 aromatic rings. The summed E-state index contributed by atoms with van der Waals surface area (Å²) in [6.07, 6.45) is 4.67. The highest BCUT2D eigenvalue weighted by atomic mass is 14.7. The van der Waals surface area contributed by atoms with Gasteiger partial charge in [-0.05, 0) is 29.9 Å². The van der Waals surface area contributed by atoms with Crippen molar-refractivity contribution in [1.29, 1.82) is 0 Å². The predicted molar refractivity (Wildman–Crippen MR) is 76.0 cm³/mol. The Bertz CT molecular complexity index is 518. The van der Waals surface area contributed by atoms with Crippen LogP contribution >= 0.6 is 0 Å². The number of unbranched alkanes of at least 4 members (excludes halogenated alkanes) is 2. The SMILES string of the molecule is CCCCCc1cc2ccccc2c(N)c1N. The number of nitrogen functional groups attached to an aromatic ring is 2. The zero-order valence-electron chi connectivity index (χ0n) is 10.4. The maximum atomic E-state index is 6.11. The van der Waals surface area contributed by atoms with Gasteiger partial charge in [-0.3, -0.25) is 0 Å². The maximum Gasteiger partial charge on any atom is 0.0630 e. The number of anilines is 2. The van der Waals surface area contributed by atoms with Gasteiger partial charge in [0.15, 0.2) is 0 Å². The summed E-state index contributed by atoms with van der Waals surface area (Å²) in [5.74, 6) is 0. The van der Waals surface area contributed by atoms with E-state index in [1.165, 1.54) is 30.2 Å². The van der Waals surface area contributed by atoms with Crippen LogP contribution in [0, 0.1) is 0 Å². The van der Waals surface area contributed by atoms with Gasteiger partial charge in [0, 0.05) is 5.39 Å². The summed E-state index contributed by atoms with van der Waals surface area (Å²) in [4.78, 5) is 0. The molecule has 0 radical (unpaired) electrons. The van der Waals surface area contributed by atoms with Crippen molar-refractivity contribution in [2.24, 2.45) is 0 Å². The monoisotopic (exact) mass is 228 g/mol. The fourth-order valence-corrected chi connectivity index (χ4v) is 2.22. The first-order chi connectivity index (χ1) is 8.24. The molecule has 2 aromatic carbocycles. The van der Waals surface area contributed by atoms with E-state index in [-0.39, 0.29) is 0 Å². The molecule has 0 unspecified atom stereocenters. The Morgan fingerprint density at radius 1 is 1.00 bits per heavy atom. The van der Waals surface area contributed by atoms with Crippen LogP contribution in [0.1, 0.15) is 31.7 Å². The Kier molecular flexibility index (Phi) is 3.52. The van der Waals surface area contributed by atoms with Crippen LogP contribution in [0.5, 0.6) is 0 Å². The van der Waals surface area contributed by atoms with Crippen molar-refractivity contribution in [3.8, 4) is 0 Å². The highest BCUT2D eigenvalue weighted by molar-refractivity contribution is 5.99. The van der Waals surface area contributed by atoms with Crippen LogP contribution in [0.15, 0.2) is 30.3 Å². The number of fused-ring (bicyclic) bond motifs is 1. The van der Waals surface area contributed by atoms with E-state index in [1.54, 1.807) is 0 Å². The number of aryl methyl sites for hydroxylation is 1. The molecule has 0 saturated heterocycles. The first-order valence-corrected chi connectivity index (χ1v) is 6.29. The van der Waals surface area contributed by atoms with Gasteiger partial charge in [-0.15, -0.1) is 0 Å². The Balaban J connectivity index is 2.39. The van der Waals surface area contributed by atoms with E-state index >= 15 is 0 Å². The van der Waals surface area contributed by atoms with Gasteiger partial charge < -0.3 is 11.5 Å². The summed E-state index contributed by atoms with van der Waals surface area (Å²) in [7, 11) is 0. The van der Waals surface area contributed by atoms with Gasteiger partial charge >= 0.3 is 0 Å². The molecule has 0 heterocycles. The van der Waals surface area contributed by atoms with Crippen LogP contribution in [0.3, 0.4) is 0 Å². The van der Waals surface area contributed by atoms with Crippen LogP contribution < -0.4 is 11.5 Å². The second-order valence-electron chi connectivity index (χ2n) is 4.54. The lowest BCUT2D eigenvalue weighted by molar-refractivity contribution is 0.719. The second-order valence-corrected chi connectivity index (χ2v) is 4.54. The van der Waals surface area contributed by atoms with E-state index in [4.69, 9.17) is 11.5 Å². The fourth-order valence-electron chi connectivity index (χ4n) is 2.22. The van der Waals surface area contributed by atoms with Crippen LogP contribution in [0.2, 0.25) is 0 Å². The Morgan fingerprint density at radius 2 is 1.76 bits per heavy atom. The molecule has 0 saturated carbocycles. The third-order valence-corrected chi connectivity index (χ3v) is 3.27. The van der Waals surface area contributed by atoms with Crippen molar-refractivity contribution < 1.29 is 0 Å². The van der Waals surface area contributed by atoms with Crippen LogP contribution in [-0.2, 0) is 6.42 Å². The van der Waals surface area contributed by atoms with Gasteiger partial charge in [-0.25, -0.2) is 0 Å². The standard InChI is InChI=1S/C15H20N2/c1-2-3-4-8-12-10-11-7-5-6-9-13(11)15(17)14(12)16/h5-7,9-10H,2-4,8,16-17H2,1H3. The van der Waals surface area contributed by atoms with Crippen molar-refractivity contribution in [1.82, 2.24) is 0 Å². The summed E-state index contributed by atoms with van der Waals surface area (Å²) in [6.45, 7) is 2.21.